The SMILES string of the molecule is CN1CCN(C(=O)Oc2cc3c(c4ccccc24)C(CCl)CN3C(=O)CCCC(=O)N2C[C@@H](CCl)c3c2cc(OCc2ccc(NC(=O)C(N)CCCNC(N)=O)cc2)c2ccccc32)CC1. The fraction of sp³-hybridized carbons (Fsp3) is 0.380. The quantitative estimate of drug-likeness (QED) is 0.0583. The number of nitrogens with zero attached hydrogens (tertiary/aromatic N) is 4. The number of nitrogens with one attached hydrogen (secondary N) is 2. The minimum absolute atomic E-state index is 0.105. The predicted molar refractivity (Wildman–Crippen MR) is 263 cm³/mol. The number of likely N-dealkylation sites (N-methyl/N-ethyl adjacent to an activating group) is 1. The molecule has 6 amide bonds. The molecule has 67 heavy (non-hydrogen) atoms. The Kier molecular flexibility index (Phi) is 15.0. The number of amides is 6. The zero-order valence-corrected chi connectivity index (χ0v) is 39.0. The number of primary amides is 1. The summed E-state index contributed by atoms with van der Waals surface area (Å²) in [5.74, 6) is 0.800. The van der Waals surface area contributed by atoms with Crippen LogP contribution in [0.4, 0.5) is 26.7 Å². The Bertz CT molecular complexity index is 2660. The lowest BCUT2D eigenvalue weighted by atomic mass is 9.95. The van der Waals surface area contributed by atoms with E-state index < -0.39 is 18.2 Å². The van der Waals surface area contributed by atoms with Crippen LogP contribution >= 0.6 is 23.2 Å². The minimum atomic E-state index is -0.751. The van der Waals surface area contributed by atoms with Crippen LogP contribution in [0, 0.1) is 0 Å². The van der Waals surface area contributed by atoms with Gasteiger partial charge in [-0.25, -0.2) is 9.59 Å². The first-order valence-corrected chi connectivity index (χ1v) is 23.8. The zero-order valence-electron chi connectivity index (χ0n) is 37.5. The summed E-state index contributed by atoms with van der Waals surface area (Å²) in [6.45, 7) is 3.99. The Balaban J connectivity index is 0.931. The van der Waals surface area contributed by atoms with Crippen LogP contribution in [0.5, 0.6) is 11.5 Å². The van der Waals surface area contributed by atoms with Crippen LogP contribution in [-0.4, -0.2) is 110 Å². The van der Waals surface area contributed by atoms with Crippen molar-refractivity contribution in [1.29, 1.82) is 0 Å². The maximum Gasteiger partial charge on any atom is 0.415 e. The average Bonchev–Trinajstić information content (AvgIpc) is 3.91. The highest BCUT2D eigenvalue weighted by Crippen LogP contribution is 2.48. The van der Waals surface area contributed by atoms with Crippen molar-refractivity contribution in [2.45, 2.75) is 56.6 Å². The highest BCUT2D eigenvalue weighted by Gasteiger charge is 2.37. The van der Waals surface area contributed by atoms with E-state index >= 15 is 0 Å². The molecule has 3 aliphatic heterocycles. The van der Waals surface area contributed by atoms with Gasteiger partial charge in [0.1, 0.15) is 18.1 Å². The molecule has 1 saturated heterocycles. The molecular weight excluding hydrogens is 896 g/mol. The molecule has 15 nitrogen and oxygen atoms in total. The molecule has 352 valence electrons. The first-order valence-electron chi connectivity index (χ1n) is 22.7. The first-order chi connectivity index (χ1) is 32.4. The second kappa shape index (κ2) is 21.2. The van der Waals surface area contributed by atoms with E-state index in [2.05, 4.69) is 15.5 Å². The fourth-order valence-corrected chi connectivity index (χ4v) is 9.81. The van der Waals surface area contributed by atoms with Crippen LogP contribution in [0.25, 0.3) is 21.5 Å². The third-order valence-electron chi connectivity index (χ3n) is 12.9. The van der Waals surface area contributed by atoms with Gasteiger partial charge in [0.25, 0.3) is 0 Å². The smallest absolute Gasteiger partial charge is 0.415 e. The van der Waals surface area contributed by atoms with Gasteiger partial charge in [-0.3, -0.25) is 14.4 Å². The highest BCUT2D eigenvalue weighted by molar-refractivity contribution is 6.19. The summed E-state index contributed by atoms with van der Waals surface area (Å²) in [4.78, 5) is 72.6. The Morgan fingerprint density at radius 3 is 1.82 bits per heavy atom. The number of halogens is 2. The van der Waals surface area contributed by atoms with E-state index in [1.54, 1.807) is 32.9 Å². The lowest BCUT2D eigenvalue weighted by molar-refractivity contribution is -0.120. The number of urea groups is 1. The van der Waals surface area contributed by atoms with E-state index in [-0.39, 0.29) is 49.0 Å². The highest BCUT2D eigenvalue weighted by atomic mass is 35.5. The first kappa shape index (κ1) is 47.4. The summed E-state index contributed by atoms with van der Waals surface area (Å²) >= 11 is 13.1. The molecular formula is C50H56Cl2N8O7. The van der Waals surface area contributed by atoms with Crippen molar-refractivity contribution in [3.63, 3.8) is 0 Å². The van der Waals surface area contributed by atoms with Crippen LogP contribution in [0.2, 0.25) is 0 Å². The molecule has 3 aliphatic rings. The molecule has 0 radical (unpaired) electrons. The minimum Gasteiger partial charge on any atom is -0.488 e. The summed E-state index contributed by atoms with van der Waals surface area (Å²) in [7, 11) is 2.02. The summed E-state index contributed by atoms with van der Waals surface area (Å²) < 4.78 is 12.5. The van der Waals surface area contributed by atoms with E-state index in [1.165, 1.54) is 0 Å². The van der Waals surface area contributed by atoms with E-state index in [4.69, 9.17) is 44.1 Å². The molecule has 6 N–H and O–H groups in total. The average molecular weight is 952 g/mol. The van der Waals surface area contributed by atoms with Gasteiger partial charge >= 0.3 is 12.1 Å². The Hall–Kier alpha value is -6.13. The van der Waals surface area contributed by atoms with Crippen molar-refractivity contribution in [2.24, 2.45) is 11.5 Å². The molecule has 8 rings (SSSR count). The van der Waals surface area contributed by atoms with Crippen LogP contribution in [0.15, 0.2) is 84.9 Å². The maximum absolute atomic E-state index is 14.2. The number of benzene rings is 5. The zero-order chi connectivity index (χ0) is 47.2. The number of hydrogen-bond donors (Lipinski definition) is 4. The number of carbonyl (C=O) groups excluding carboxylic acids is 5. The van der Waals surface area contributed by atoms with E-state index in [0.29, 0.717) is 86.6 Å². The summed E-state index contributed by atoms with van der Waals surface area (Å²) in [5.41, 5.74) is 15.9. The molecule has 0 aromatic heterocycles. The van der Waals surface area contributed by atoms with Gasteiger partial charge in [-0.2, -0.15) is 0 Å². The van der Waals surface area contributed by atoms with E-state index in [1.807, 2.05) is 73.8 Å². The normalized spacial score (nSPS) is 17.3. The standard InChI is InChI=1S/C50H56Cl2N8O7/c1-57-20-22-58(23-21-57)50(65)67-43-25-41-47(38-11-5-3-9-36(38)43)33(27-52)29-60(41)45(62)14-6-13-44(61)59-28-32(26-51)46-37-10-4-2-8-35(37)42(24-40(46)59)66-30-31-15-17-34(18-16-31)56-48(63)39(53)12-7-19-55-49(54)64/h2-5,8-11,15-18,24-25,32-33,39H,6-7,12-14,19-23,26-30,53H2,1H3,(H,56,63)(H3,54,55,64)/t32-,33?,39?/m1/s1. The Morgan fingerprint density at radius 2 is 1.27 bits per heavy atom. The second-order valence-corrected chi connectivity index (χ2v) is 18.1. The van der Waals surface area contributed by atoms with Crippen LogP contribution < -0.4 is 41.4 Å². The summed E-state index contributed by atoms with van der Waals surface area (Å²) in [6, 6.07) is 25.3. The van der Waals surface area contributed by atoms with Gasteiger partial charge < -0.3 is 51.2 Å². The van der Waals surface area contributed by atoms with Gasteiger partial charge in [0.05, 0.1) is 17.4 Å². The largest absolute Gasteiger partial charge is 0.488 e. The molecule has 3 atom stereocenters. The van der Waals surface area contributed by atoms with E-state index in [9.17, 15) is 24.0 Å². The van der Waals surface area contributed by atoms with Crippen molar-refractivity contribution < 1.29 is 33.4 Å². The third-order valence-corrected chi connectivity index (χ3v) is 13.7. The Morgan fingerprint density at radius 1 is 0.731 bits per heavy atom. The summed E-state index contributed by atoms with van der Waals surface area (Å²) in [5, 5.41) is 8.83. The number of alkyl halides is 2. The lowest BCUT2D eigenvalue weighted by Gasteiger charge is -2.31. The van der Waals surface area contributed by atoms with Crippen LogP contribution in [-0.2, 0) is 21.0 Å². The van der Waals surface area contributed by atoms with Gasteiger partial charge in [0, 0.05) is 111 Å². The van der Waals surface area contributed by atoms with Crippen LogP contribution in [0.3, 0.4) is 0 Å². The number of rotatable bonds is 16. The number of anilines is 3. The number of piperazine rings is 1. The number of fused-ring (bicyclic) bond motifs is 6. The van der Waals surface area contributed by atoms with Gasteiger partial charge in [0.2, 0.25) is 17.7 Å². The molecule has 0 aliphatic carbocycles. The predicted octanol–water partition coefficient (Wildman–Crippen LogP) is 7.24. The molecule has 0 saturated carbocycles. The molecule has 1 fully saturated rings. The monoisotopic (exact) mass is 950 g/mol. The van der Waals surface area contributed by atoms with Crippen molar-refractivity contribution >= 4 is 91.7 Å². The number of nitrogens with two attached hydrogens (primary N) is 2. The molecule has 2 unspecified atom stereocenters. The maximum atomic E-state index is 14.2. The topological polar surface area (TPSA) is 193 Å². The molecule has 0 spiro atoms. The van der Waals surface area contributed by atoms with Gasteiger partial charge in [-0.05, 0) is 65.9 Å². The molecule has 3 heterocycles. The fourth-order valence-electron chi connectivity index (χ4n) is 9.31. The van der Waals surface area contributed by atoms with Gasteiger partial charge in [0.15, 0.2) is 0 Å². The lowest BCUT2D eigenvalue weighted by Crippen LogP contribution is -2.48. The van der Waals surface area contributed by atoms with Gasteiger partial charge in [-0.1, -0.05) is 60.7 Å². The van der Waals surface area contributed by atoms with Crippen molar-refractivity contribution in [1.82, 2.24) is 15.1 Å². The Labute approximate surface area is 399 Å². The molecule has 5 aromatic rings. The summed E-state index contributed by atoms with van der Waals surface area (Å²) in [6.07, 6.45) is 1.04. The number of hydrogen-bond acceptors (Lipinski definition) is 9. The number of ether oxygens (including phenoxy) is 2. The van der Waals surface area contributed by atoms with Crippen LogP contribution in [0.1, 0.15) is 60.6 Å². The third kappa shape index (κ3) is 10.5. The van der Waals surface area contributed by atoms with Crippen molar-refractivity contribution in [3.05, 3.63) is 102 Å². The number of carbonyl (C=O) groups is 5. The molecule has 5 aromatic carbocycles. The van der Waals surface area contributed by atoms with Crippen molar-refractivity contribution in [2.75, 3.05) is 79.7 Å². The van der Waals surface area contributed by atoms with E-state index in [0.717, 1.165) is 57.0 Å². The second-order valence-electron chi connectivity index (χ2n) is 17.4. The van der Waals surface area contributed by atoms with Gasteiger partial charge in [-0.15, -0.1) is 23.2 Å². The molecule has 0 bridgehead atoms. The molecule has 17 heteroatoms. The van der Waals surface area contributed by atoms with Crippen molar-refractivity contribution in [3.8, 4) is 11.5 Å².